The lowest BCUT2D eigenvalue weighted by Gasteiger charge is -2.32. The van der Waals surface area contributed by atoms with E-state index in [0.29, 0.717) is 6.61 Å². The van der Waals surface area contributed by atoms with E-state index in [9.17, 15) is 5.11 Å². The van der Waals surface area contributed by atoms with Gasteiger partial charge in [0.1, 0.15) is 18.5 Å². The summed E-state index contributed by atoms with van der Waals surface area (Å²) >= 11 is 0. The van der Waals surface area contributed by atoms with Gasteiger partial charge in [0.25, 0.3) is 0 Å². The highest BCUT2D eigenvalue weighted by Crippen LogP contribution is 2.31. The van der Waals surface area contributed by atoms with E-state index in [1.54, 1.807) is 0 Å². The normalized spacial score (nSPS) is 17.4. The Kier molecular flexibility index (Phi) is 6.08. The third-order valence-electron chi connectivity index (χ3n) is 4.84. The minimum absolute atomic E-state index is 0.640. The zero-order chi connectivity index (χ0) is 17.6. The Morgan fingerprint density at radius 2 is 1.76 bits per heavy atom. The Hall–Kier alpha value is -1.88. The average Bonchev–Trinajstić information content (AvgIpc) is 2.64. The standard InChI is InChI=1S/C21H28N2O2/c1-17-8-9-20(25-15-14-23-12-10-22(2)11-13-23)19(16-17)21(24)18-6-4-3-5-7-18/h3-9,16,21,24H,10-15H2,1-2H3. The molecule has 3 rings (SSSR count). The lowest BCUT2D eigenvalue weighted by Crippen LogP contribution is -2.45. The van der Waals surface area contributed by atoms with Crippen molar-refractivity contribution in [3.63, 3.8) is 0 Å². The van der Waals surface area contributed by atoms with Crippen LogP contribution in [0.25, 0.3) is 0 Å². The molecule has 1 atom stereocenters. The fourth-order valence-corrected chi connectivity index (χ4v) is 3.18. The van der Waals surface area contributed by atoms with Crippen LogP contribution in [0.1, 0.15) is 22.8 Å². The molecule has 0 spiro atoms. The maximum atomic E-state index is 10.8. The smallest absolute Gasteiger partial charge is 0.125 e. The van der Waals surface area contributed by atoms with Gasteiger partial charge in [0.05, 0.1) is 0 Å². The van der Waals surface area contributed by atoms with Crippen LogP contribution >= 0.6 is 0 Å². The fourth-order valence-electron chi connectivity index (χ4n) is 3.18. The molecule has 0 saturated carbocycles. The minimum Gasteiger partial charge on any atom is -0.492 e. The molecule has 1 saturated heterocycles. The molecule has 4 nitrogen and oxygen atoms in total. The monoisotopic (exact) mass is 340 g/mol. The molecule has 0 aliphatic carbocycles. The van der Waals surface area contributed by atoms with Crippen LogP contribution in [-0.4, -0.2) is 61.3 Å². The number of ether oxygens (including phenoxy) is 1. The minimum atomic E-state index is -0.667. The summed E-state index contributed by atoms with van der Waals surface area (Å²) in [4.78, 5) is 4.78. The van der Waals surface area contributed by atoms with Crippen LogP contribution in [0.4, 0.5) is 0 Å². The Bertz CT molecular complexity index is 667. The number of rotatable bonds is 6. The van der Waals surface area contributed by atoms with Crippen molar-refractivity contribution in [3.8, 4) is 5.75 Å². The van der Waals surface area contributed by atoms with E-state index in [0.717, 1.165) is 55.2 Å². The molecule has 25 heavy (non-hydrogen) atoms. The fraction of sp³-hybridized carbons (Fsp3) is 0.429. The van der Waals surface area contributed by atoms with Crippen molar-refractivity contribution >= 4 is 0 Å². The Morgan fingerprint density at radius 1 is 1.04 bits per heavy atom. The second-order valence-electron chi connectivity index (χ2n) is 6.85. The van der Waals surface area contributed by atoms with Crippen LogP contribution in [0.2, 0.25) is 0 Å². The number of nitrogens with zero attached hydrogens (tertiary/aromatic N) is 2. The Labute approximate surface area is 150 Å². The van der Waals surface area contributed by atoms with E-state index in [2.05, 4.69) is 16.8 Å². The van der Waals surface area contributed by atoms with Gasteiger partial charge in [-0.25, -0.2) is 0 Å². The molecule has 4 heteroatoms. The molecule has 1 unspecified atom stereocenters. The second kappa shape index (κ2) is 8.48. The molecule has 0 radical (unpaired) electrons. The largest absolute Gasteiger partial charge is 0.492 e. The summed E-state index contributed by atoms with van der Waals surface area (Å²) in [5.41, 5.74) is 2.85. The Morgan fingerprint density at radius 3 is 2.48 bits per heavy atom. The van der Waals surface area contributed by atoms with Crippen LogP contribution < -0.4 is 4.74 Å². The molecule has 0 aromatic heterocycles. The summed E-state index contributed by atoms with van der Waals surface area (Å²) in [7, 11) is 2.16. The molecular weight excluding hydrogens is 312 g/mol. The van der Waals surface area contributed by atoms with Gasteiger partial charge in [-0.3, -0.25) is 4.90 Å². The topological polar surface area (TPSA) is 35.9 Å². The molecule has 2 aromatic carbocycles. The predicted octanol–water partition coefficient (Wildman–Crippen LogP) is 2.70. The van der Waals surface area contributed by atoms with E-state index in [-0.39, 0.29) is 0 Å². The summed E-state index contributed by atoms with van der Waals surface area (Å²) in [6, 6.07) is 15.8. The first kappa shape index (κ1) is 17.9. The van der Waals surface area contributed by atoms with Crippen molar-refractivity contribution in [2.24, 2.45) is 0 Å². The lowest BCUT2D eigenvalue weighted by atomic mass is 9.99. The number of hydrogen-bond donors (Lipinski definition) is 1. The quantitative estimate of drug-likeness (QED) is 0.877. The number of aliphatic hydroxyl groups excluding tert-OH is 1. The highest BCUT2D eigenvalue weighted by Gasteiger charge is 2.17. The van der Waals surface area contributed by atoms with E-state index in [1.807, 2.05) is 55.5 Å². The van der Waals surface area contributed by atoms with Gasteiger partial charge in [0, 0.05) is 38.3 Å². The van der Waals surface area contributed by atoms with Gasteiger partial charge >= 0.3 is 0 Å². The van der Waals surface area contributed by atoms with Gasteiger partial charge in [0.2, 0.25) is 0 Å². The maximum absolute atomic E-state index is 10.8. The summed E-state index contributed by atoms with van der Waals surface area (Å²) in [5, 5.41) is 10.8. The average molecular weight is 340 g/mol. The maximum Gasteiger partial charge on any atom is 0.125 e. The zero-order valence-electron chi connectivity index (χ0n) is 15.2. The molecule has 2 aromatic rings. The SMILES string of the molecule is Cc1ccc(OCCN2CCN(C)CC2)c(C(O)c2ccccc2)c1. The summed E-state index contributed by atoms with van der Waals surface area (Å²) in [5.74, 6) is 0.774. The molecule has 0 amide bonds. The second-order valence-corrected chi connectivity index (χ2v) is 6.85. The van der Waals surface area contributed by atoms with E-state index in [4.69, 9.17) is 4.74 Å². The predicted molar refractivity (Wildman–Crippen MR) is 101 cm³/mol. The molecule has 1 N–H and O–H groups in total. The number of hydrogen-bond acceptors (Lipinski definition) is 4. The number of benzene rings is 2. The summed E-state index contributed by atoms with van der Waals surface area (Å²) in [6.07, 6.45) is -0.667. The van der Waals surface area contributed by atoms with Crippen LogP contribution in [0.15, 0.2) is 48.5 Å². The number of piperazine rings is 1. The number of aryl methyl sites for hydroxylation is 1. The molecular formula is C21H28N2O2. The van der Waals surface area contributed by atoms with Gasteiger partial charge in [-0.1, -0.05) is 42.0 Å². The summed E-state index contributed by atoms with van der Waals surface area (Å²) in [6.45, 7) is 8.00. The van der Waals surface area contributed by atoms with Gasteiger partial charge in [0.15, 0.2) is 0 Å². The Balaban J connectivity index is 1.65. The van der Waals surface area contributed by atoms with Crippen LogP contribution in [0, 0.1) is 6.92 Å². The highest BCUT2D eigenvalue weighted by molar-refractivity contribution is 5.42. The molecule has 1 heterocycles. The van der Waals surface area contributed by atoms with Crippen LogP contribution in [-0.2, 0) is 0 Å². The van der Waals surface area contributed by atoms with Crippen molar-refractivity contribution in [2.45, 2.75) is 13.0 Å². The molecule has 1 fully saturated rings. The first-order chi connectivity index (χ1) is 12.1. The zero-order valence-corrected chi connectivity index (χ0v) is 15.2. The third kappa shape index (κ3) is 4.82. The molecule has 134 valence electrons. The number of likely N-dealkylation sites (N-methyl/N-ethyl adjacent to an activating group) is 1. The third-order valence-corrected chi connectivity index (χ3v) is 4.84. The first-order valence-electron chi connectivity index (χ1n) is 9.01. The molecule has 1 aliphatic heterocycles. The lowest BCUT2D eigenvalue weighted by molar-refractivity contribution is 0.132. The van der Waals surface area contributed by atoms with Crippen molar-refractivity contribution in [1.29, 1.82) is 0 Å². The summed E-state index contributed by atoms with van der Waals surface area (Å²) < 4.78 is 6.05. The van der Waals surface area contributed by atoms with Gasteiger partial charge in [-0.2, -0.15) is 0 Å². The highest BCUT2D eigenvalue weighted by atomic mass is 16.5. The van der Waals surface area contributed by atoms with Crippen molar-refractivity contribution in [1.82, 2.24) is 9.80 Å². The molecule has 1 aliphatic rings. The van der Waals surface area contributed by atoms with Crippen molar-refractivity contribution < 1.29 is 9.84 Å². The van der Waals surface area contributed by atoms with Crippen LogP contribution in [0.3, 0.4) is 0 Å². The molecule has 0 bridgehead atoms. The van der Waals surface area contributed by atoms with Gasteiger partial charge in [-0.05, 0) is 31.7 Å². The van der Waals surface area contributed by atoms with Crippen LogP contribution in [0.5, 0.6) is 5.75 Å². The van der Waals surface area contributed by atoms with E-state index >= 15 is 0 Å². The number of aliphatic hydroxyl groups is 1. The van der Waals surface area contributed by atoms with Gasteiger partial charge in [-0.15, -0.1) is 0 Å². The van der Waals surface area contributed by atoms with Crippen molar-refractivity contribution in [2.75, 3.05) is 46.4 Å². The van der Waals surface area contributed by atoms with Gasteiger partial charge < -0.3 is 14.7 Å². The van der Waals surface area contributed by atoms with E-state index < -0.39 is 6.10 Å². The first-order valence-corrected chi connectivity index (χ1v) is 9.01. The van der Waals surface area contributed by atoms with Crippen molar-refractivity contribution in [3.05, 3.63) is 65.2 Å². The van der Waals surface area contributed by atoms with E-state index in [1.165, 1.54) is 0 Å².